The first-order valence-corrected chi connectivity index (χ1v) is 12.2. The fourth-order valence-electron chi connectivity index (χ4n) is 3.65. The van der Waals surface area contributed by atoms with Gasteiger partial charge in [-0.1, -0.05) is 55.1 Å². The second kappa shape index (κ2) is 13.0. The molecule has 1 fully saturated rings. The Balaban J connectivity index is 1.27. The number of epoxide rings is 1. The molecule has 1 heterocycles. The standard InChI is InChI=1S/C28H31NO8/c1-19(2)27(30)34-16-15-33-14-13-32-12-11-29-28(31)37-26-23-9-5-3-7-21(23)25(36-18-20-17-35-20)22-8-4-6-10-24(22)26/h3-10,20H,1,11-18H2,2H3,(H,29,31). The highest BCUT2D eigenvalue weighted by atomic mass is 16.6. The molecule has 37 heavy (non-hydrogen) atoms. The number of rotatable bonds is 14. The molecule has 1 N–H and O–H groups in total. The van der Waals surface area contributed by atoms with E-state index in [0.29, 0.717) is 44.4 Å². The Morgan fingerprint density at radius 2 is 1.43 bits per heavy atom. The summed E-state index contributed by atoms with van der Waals surface area (Å²) in [6, 6.07) is 15.4. The Labute approximate surface area is 215 Å². The van der Waals surface area contributed by atoms with Gasteiger partial charge in [0.25, 0.3) is 0 Å². The monoisotopic (exact) mass is 509 g/mol. The van der Waals surface area contributed by atoms with Crippen molar-refractivity contribution in [1.29, 1.82) is 0 Å². The molecule has 0 radical (unpaired) electrons. The minimum Gasteiger partial charge on any atom is -0.489 e. The molecule has 0 aromatic heterocycles. The highest BCUT2D eigenvalue weighted by Gasteiger charge is 2.25. The Bertz CT molecular complexity index is 1200. The summed E-state index contributed by atoms with van der Waals surface area (Å²) >= 11 is 0. The molecule has 0 spiro atoms. The molecule has 4 rings (SSSR count). The smallest absolute Gasteiger partial charge is 0.412 e. The van der Waals surface area contributed by atoms with E-state index in [0.717, 1.165) is 27.3 Å². The van der Waals surface area contributed by atoms with Crippen LogP contribution in [0.4, 0.5) is 4.79 Å². The molecule has 1 atom stereocenters. The van der Waals surface area contributed by atoms with Gasteiger partial charge in [-0.05, 0) is 6.92 Å². The molecule has 196 valence electrons. The third kappa shape index (κ3) is 7.42. The van der Waals surface area contributed by atoms with Crippen LogP contribution in [0.15, 0.2) is 60.7 Å². The zero-order chi connectivity index (χ0) is 26.0. The van der Waals surface area contributed by atoms with Crippen LogP contribution >= 0.6 is 0 Å². The summed E-state index contributed by atoms with van der Waals surface area (Å²) in [7, 11) is 0. The number of carbonyl (C=O) groups excluding carboxylic acids is 2. The molecule has 1 aliphatic rings. The summed E-state index contributed by atoms with van der Waals surface area (Å²) in [5, 5.41) is 6.01. The Morgan fingerprint density at radius 3 is 2.00 bits per heavy atom. The molecule has 1 amide bonds. The van der Waals surface area contributed by atoms with Gasteiger partial charge in [-0.15, -0.1) is 0 Å². The van der Waals surface area contributed by atoms with Crippen LogP contribution in [0.3, 0.4) is 0 Å². The van der Waals surface area contributed by atoms with E-state index in [4.69, 9.17) is 28.4 Å². The third-order valence-electron chi connectivity index (χ3n) is 5.54. The quantitative estimate of drug-likeness (QED) is 0.114. The van der Waals surface area contributed by atoms with Gasteiger partial charge in [0.1, 0.15) is 30.8 Å². The molecule has 3 aromatic rings. The maximum atomic E-state index is 12.6. The van der Waals surface area contributed by atoms with E-state index in [1.54, 1.807) is 6.92 Å². The third-order valence-corrected chi connectivity index (χ3v) is 5.54. The van der Waals surface area contributed by atoms with Crippen LogP contribution in [0.2, 0.25) is 0 Å². The highest BCUT2D eigenvalue weighted by Crippen LogP contribution is 2.42. The first kappa shape index (κ1) is 26.4. The van der Waals surface area contributed by atoms with Crippen molar-refractivity contribution in [1.82, 2.24) is 5.32 Å². The minimum absolute atomic E-state index is 0.124. The van der Waals surface area contributed by atoms with Gasteiger partial charge in [0.15, 0.2) is 0 Å². The fourth-order valence-corrected chi connectivity index (χ4v) is 3.65. The molecule has 0 saturated carbocycles. The molecule has 3 aromatic carbocycles. The Kier molecular flexibility index (Phi) is 9.31. The predicted octanol–water partition coefficient (Wildman–Crippen LogP) is 4.01. The van der Waals surface area contributed by atoms with Crippen molar-refractivity contribution in [3.63, 3.8) is 0 Å². The summed E-state index contributed by atoms with van der Waals surface area (Å²) < 4.78 is 32.9. The number of fused-ring (bicyclic) bond motifs is 2. The SMILES string of the molecule is C=C(C)C(=O)OCCOCCOCCNC(=O)Oc1c2ccccc2c(OCC2CO2)c2ccccc12. The number of amides is 1. The van der Waals surface area contributed by atoms with Crippen LogP contribution in [-0.2, 0) is 23.7 Å². The van der Waals surface area contributed by atoms with Crippen LogP contribution in [0.1, 0.15) is 6.92 Å². The molecular weight excluding hydrogens is 478 g/mol. The van der Waals surface area contributed by atoms with Crippen molar-refractivity contribution < 1.29 is 38.0 Å². The first-order valence-electron chi connectivity index (χ1n) is 12.2. The predicted molar refractivity (Wildman–Crippen MR) is 138 cm³/mol. The van der Waals surface area contributed by atoms with Crippen molar-refractivity contribution in [3.05, 3.63) is 60.7 Å². The highest BCUT2D eigenvalue weighted by molar-refractivity contribution is 6.11. The van der Waals surface area contributed by atoms with E-state index in [9.17, 15) is 9.59 Å². The van der Waals surface area contributed by atoms with Gasteiger partial charge in [0, 0.05) is 33.7 Å². The van der Waals surface area contributed by atoms with Crippen molar-refractivity contribution >= 4 is 33.6 Å². The van der Waals surface area contributed by atoms with Gasteiger partial charge >= 0.3 is 12.1 Å². The number of hydrogen-bond acceptors (Lipinski definition) is 8. The minimum atomic E-state index is -0.575. The van der Waals surface area contributed by atoms with Crippen LogP contribution in [-0.4, -0.2) is 71.0 Å². The van der Waals surface area contributed by atoms with E-state index in [1.165, 1.54) is 0 Å². The van der Waals surface area contributed by atoms with E-state index in [2.05, 4.69) is 11.9 Å². The lowest BCUT2D eigenvalue weighted by molar-refractivity contribution is -0.140. The topological polar surface area (TPSA) is 105 Å². The summed E-state index contributed by atoms with van der Waals surface area (Å²) in [6.07, 6.45) is -0.450. The van der Waals surface area contributed by atoms with Gasteiger partial charge < -0.3 is 33.7 Å². The molecule has 1 aliphatic heterocycles. The maximum absolute atomic E-state index is 12.6. The summed E-state index contributed by atoms with van der Waals surface area (Å²) in [5.41, 5.74) is 0.348. The second-order valence-corrected chi connectivity index (χ2v) is 8.47. The maximum Gasteiger partial charge on any atom is 0.412 e. The fraction of sp³-hybridized carbons (Fsp3) is 0.357. The van der Waals surface area contributed by atoms with Gasteiger partial charge in [0.2, 0.25) is 0 Å². The van der Waals surface area contributed by atoms with Gasteiger partial charge in [-0.25, -0.2) is 9.59 Å². The molecule has 0 aliphatic carbocycles. The van der Waals surface area contributed by atoms with E-state index < -0.39 is 12.1 Å². The van der Waals surface area contributed by atoms with Gasteiger partial charge in [-0.3, -0.25) is 0 Å². The Hall–Kier alpha value is -3.66. The van der Waals surface area contributed by atoms with E-state index >= 15 is 0 Å². The van der Waals surface area contributed by atoms with E-state index in [1.807, 2.05) is 48.5 Å². The van der Waals surface area contributed by atoms with Crippen molar-refractivity contribution in [2.24, 2.45) is 0 Å². The number of esters is 1. The summed E-state index contributed by atoms with van der Waals surface area (Å²) in [6.45, 7) is 7.95. The number of hydrogen-bond donors (Lipinski definition) is 1. The van der Waals surface area contributed by atoms with Gasteiger partial charge in [0.05, 0.1) is 33.0 Å². The summed E-state index contributed by atoms with van der Waals surface area (Å²) in [4.78, 5) is 23.9. The average Bonchev–Trinajstić information content (AvgIpc) is 3.73. The molecular formula is C28H31NO8. The number of nitrogens with one attached hydrogen (secondary N) is 1. The second-order valence-electron chi connectivity index (χ2n) is 8.47. The van der Waals surface area contributed by atoms with E-state index in [-0.39, 0.29) is 25.9 Å². The van der Waals surface area contributed by atoms with Crippen LogP contribution in [0, 0.1) is 0 Å². The lowest BCUT2D eigenvalue weighted by Crippen LogP contribution is -2.30. The molecule has 1 unspecified atom stereocenters. The molecule has 0 bridgehead atoms. The molecule has 1 saturated heterocycles. The summed E-state index contributed by atoms with van der Waals surface area (Å²) in [5.74, 6) is 0.784. The molecule has 9 nitrogen and oxygen atoms in total. The number of benzene rings is 3. The van der Waals surface area contributed by atoms with Crippen molar-refractivity contribution in [2.45, 2.75) is 13.0 Å². The number of carbonyl (C=O) groups is 2. The average molecular weight is 510 g/mol. The normalized spacial score (nSPS) is 14.4. The zero-order valence-electron chi connectivity index (χ0n) is 20.8. The lowest BCUT2D eigenvalue weighted by Gasteiger charge is -2.17. The van der Waals surface area contributed by atoms with Crippen molar-refractivity contribution in [2.75, 3.05) is 52.8 Å². The van der Waals surface area contributed by atoms with Crippen LogP contribution < -0.4 is 14.8 Å². The number of ether oxygens (including phenoxy) is 6. The zero-order valence-corrected chi connectivity index (χ0v) is 20.8. The van der Waals surface area contributed by atoms with Crippen LogP contribution in [0.25, 0.3) is 21.5 Å². The van der Waals surface area contributed by atoms with Gasteiger partial charge in [-0.2, -0.15) is 0 Å². The molecule has 9 heteroatoms. The first-order chi connectivity index (χ1) is 18.0. The van der Waals surface area contributed by atoms with Crippen LogP contribution in [0.5, 0.6) is 11.5 Å². The largest absolute Gasteiger partial charge is 0.489 e. The van der Waals surface area contributed by atoms with Crippen molar-refractivity contribution in [3.8, 4) is 11.5 Å². The Morgan fingerprint density at radius 1 is 0.892 bits per heavy atom. The lowest BCUT2D eigenvalue weighted by atomic mass is 10.0.